The Kier molecular flexibility index (Phi) is 7.31. The van der Waals surface area contributed by atoms with E-state index >= 15 is 0 Å². The summed E-state index contributed by atoms with van der Waals surface area (Å²) >= 11 is 1.56. The van der Waals surface area contributed by atoms with Crippen LogP contribution in [-0.4, -0.2) is 20.2 Å². The number of hydrogen-bond acceptors (Lipinski definition) is 9. The van der Waals surface area contributed by atoms with Crippen LogP contribution in [0.3, 0.4) is 0 Å². The molecule has 0 saturated heterocycles. The van der Waals surface area contributed by atoms with Gasteiger partial charge in [0.2, 0.25) is 0 Å². The molecule has 9 heteroatoms. The van der Waals surface area contributed by atoms with Gasteiger partial charge in [0.25, 0.3) is 5.95 Å². The lowest BCUT2D eigenvalue weighted by atomic mass is 10.1. The number of rotatable bonds is 6. The number of fused-ring (bicyclic) bond motifs is 11. The zero-order valence-corrected chi connectivity index (χ0v) is 33.0. The molecule has 0 N–H and O–H groups in total. The summed E-state index contributed by atoms with van der Waals surface area (Å²) in [5, 5.41) is 18.5. The molecule has 61 heavy (non-hydrogen) atoms. The normalized spacial score (nSPS) is 11.9. The van der Waals surface area contributed by atoms with Gasteiger partial charge in [0.15, 0.2) is 4.83 Å². The van der Waals surface area contributed by atoms with E-state index in [-0.39, 0.29) is 0 Å². The maximum atomic E-state index is 6.37. The number of pyridine rings is 1. The Morgan fingerprint density at radius 2 is 0.902 bits per heavy atom. The maximum absolute atomic E-state index is 6.37. The van der Waals surface area contributed by atoms with Crippen LogP contribution < -0.4 is 9.80 Å². The van der Waals surface area contributed by atoms with E-state index in [1.807, 2.05) is 47.5 Å². The molecule has 8 nitrogen and oxygen atoms in total. The Morgan fingerprint density at radius 1 is 0.393 bits per heavy atom. The van der Waals surface area contributed by atoms with Crippen molar-refractivity contribution in [3.05, 3.63) is 182 Å². The molecule has 0 unspecified atom stereocenters. The Balaban J connectivity index is 0.961. The van der Waals surface area contributed by atoms with Crippen molar-refractivity contribution < 1.29 is 8.83 Å². The fraction of sp³-hybridized carbons (Fsp3) is 0. The molecule has 0 amide bonds. The van der Waals surface area contributed by atoms with Gasteiger partial charge in [-0.1, -0.05) is 97.1 Å². The molecule has 0 aliphatic rings. The number of hydrogen-bond donors (Lipinski definition) is 0. The first-order chi connectivity index (χ1) is 30.2. The van der Waals surface area contributed by atoms with Crippen LogP contribution >= 0.6 is 11.3 Å². The van der Waals surface area contributed by atoms with Crippen LogP contribution in [0, 0.1) is 0 Å². The molecule has 0 radical (unpaired) electrons. The quantitative estimate of drug-likeness (QED) is 0.164. The molecule has 0 spiro atoms. The predicted octanol–water partition coefficient (Wildman–Crippen LogP) is 14.7. The van der Waals surface area contributed by atoms with Gasteiger partial charge >= 0.3 is 0 Å². The van der Waals surface area contributed by atoms with E-state index in [1.54, 1.807) is 11.3 Å². The number of nitrogens with zero attached hydrogens (tertiary/aromatic N) is 6. The van der Waals surface area contributed by atoms with Gasteiger partial charge in [0.1, 0.15) is 33.4 Å². The minimum atomic E-state index is 0.446. The van der Waals surface area contributed by atoms with Crippen molar-refractivity contribution in [3.63, 3.8) is 0 Å². The van der Waals surface area contributed by atoms with Gasteiger partial charge in [0, 0.05) is 50.7 Å². The van der Waals surface area contributed by atoms with E-state index in [1.165, 1.54) is 5.39 Å². The molecule has 0 saturated carbocycles. The summed E-state index contributed by atoms with van der Waals surface area (Å²) in [7, 11) is 0. The molecule has 8 aromatic carbocycles. The molecule has 0 bridgehead atoms. The highest BCUT2D eigenvalue weighted by Crippen LogP contribution is 2.43. The predicted molar refractivity (Wildman–Crippen MR) is 249 cm³/mol. The molecule has 5 heterocycles. The molecule has 0 aliphatic heterocycles. The van der Waals surface area contributed by atoms with Crippen molar-refractivity contribution in [1.82, 2.24) is 20.2 Å². The Bertz CT molecular complexity index is 3640. The molecule has 0 atom stereocenters. The SMILES string of the molecule is c1ccc2cc(N(c3ccc4c(c3)oc3ccccc34)c3cnc4c(c3)sc3nc(N(c5ccc6ccccc6c5)c5ccc6c(c5)oc5ccccc56)nnc34)ccc2c1. The largest absolute Gasteiger partial charge is 0.456 e. The fourth-order valence-corrected chi connectivity index (χ4v) is 9.70. The second kappa shape index (κ2) is 13.2. The summed E-state index contributed by atoms with van der Waals surface area (Å²) in [5.41, 5.74) is 9.34. The summed E-state index contributed by atoms with van der Waals surface area (Å²) in [4.78, 5) is 15.3. The van der Waals surface area contributed by atoms with E-state index in [0.717, 1.165) is 104 Å². The molecule has 5 aromatic heterocycles. The first-order valence-corrected chi connectivity index (χ1v) is 20.8. The summed E-state index contributed by atoms with van der Waals surface area (Å²) in [6, 6.07) is 60.8. The lowest BCUT2D eigenvalue weighted by Crippen LogP contribution is -2.14. The highest BCUT2D eigenvalue weighted by molar-refractivity contribution is 7.25. The minimum absolute atomic E-state index is 0.446. The molecule has 0 aliphatic carbocycles. The van der Waals surface area contributed by atoms with Gasteiger partial charge in [-0.05, 0) is 88.3 Å². The topological polar surface area (TPSA) is 84.3 Å². The van der Waals surface area contributed by atoms with Crippen LogP contribution in [-0.2, 0) is 0 Å². The average Bonchev–Trinajstić information content (AvgIpc) is 3.99. The van der Waals surface area contributed by atoms with Crippen molar-refractivity contribution in [2.45, 2.75) is 0 Å². The molecule has 0 fully saturated rings. The molecular formula is C52H30N6O2S. The zero-order chi connectivity index (χ0) is 40.0. The highest BCUT2D eigenvalue weighted by Gasteiger charge is 2.23. The van der Waals surface area contributed by atoms with Gasteiger partial charge < -0.3 is 13.7 Å². The Morgan fingerprint density at radius 3 is 1.54 bits per heavy atom. The van der Waals surface area contributed by atoms with Crippen LogP contribution in [0.1, 0.15) is 0 Å². The summed E-state index contributed by atoms with van der Waals surface area (Å²) in [5.74, 6) is 0.446. The van der Waals surface area contributed by atoms with Gasteiger partial charge in [-0.25, -0.2) is 0 Å². The number of para-hydroxylation sites is 2. The first kappa shape index (κ1) is 33.8. The second-order valence-corrected chi connectivity index (χ2v) is 16.2. The summed E-state index contributed by atoms with van der Waals surface area (Å²) in [6.07, 6.45) is 1.91. The summed E-state index contributed by atoms with van der Waals surface area (Å²) < 4.78 is 13.7. The molecule has 13 rings (SSSR count). The van der Waals surface area contributed by atoms with Crippen molar-refractivity contribution in [1.29, 1.82) is 0 Å². The molecule has 13 aromatic rings. The van der Waals surface area contributed by atoms with Crippen LogP contribution in [0.4, 0.5) is 34.4 Å². The minimum Gasteiger partial charge on any atom is -0.456 e. The number of anilines is 6. The van der Waals surface area contributed by atoms with Gasteiger partial charge in [-0.15, -0.1) is 21.5 Å². The number of thiophene rings is 1. The van der Waals surface area contributed by atoms with Gasteiger partial charge in [-0.2, -0.15) is 4.98 Å². The third-order valence-corrected chi connectivity index (χ3v) is 12.6. The second-order valence-electron chi connectivity index (χ2n) is 15.2. The third-order valence-electron chi connectivity index (χ3n) is 11.6. The average molecular weight is 803 g/mol. The van der Waals surface area contributed by atoms with Crippen LogP contribution in [0.25, 0.3) is 86.0 Å². The van der Waals surface area contributed by atoms with Gasteiger partial charge in [-0.3, -0.25) is 9.88 Å². The summed E-state index contributed by atoms with van der Waals surface area (Å²) in [6.45, 7) is 0. The molecule has 286 valence electrons. The first-order valence-electron chi connectivity index (χ1n) is 20.0. The fourth-order valence-electron chi connectivity index (χ4n) is 8.70. The van der Waals surface area contributed by atoms with Crippen molar-refractivity contribution >= 4 is 132 Å². The lowest BCUT2D eigenvalue weighted by Gasteiger charge is -2.25. The number of furan rings is 2. The van der Waals surface area contributed by atoms with Crippen molar-refractivity contribution in [2.24, 2.45) is 0 Å². The van der Waals surface area contributed by atoms with Crippen LogP contribution in [0.5, 0.6) is 0 Å². The van der Waals surface area contributed by atoms with E-state index in [9.17, 15) is 0 Å². The zero-order valence-electron chi connectivity index (χ0n) is 32.2. The standard InChI is InChI=1S/C52H30N6O2S/c1-3-11-33-25-35(19-17-31(33)9-1)57(37-21-23-42-40-13-5-7-15-44(40)59-46(42)27-37)39-29-48-49(53-30-39)50-51(61-48)54-52(56-55-50)58(36-20-18-32-10-2-4-12-34(32)26-36)38-22-24-43-41-14-6-8-16-45(41)60-47(43)28-38/h1-30H. The third kappa shape index (κ3) is 5.45. The number of benzene rings is 8. The lowest BCUT2D eigenvalue weighted by molar-refractivity contribution is 0.668. The Hall–Kier alpha value is -8.14. The van der Waals surface area contributed by atoms with E-state index < -0.39 is 0 Å². The Labute approximate surface area is 351 Å². The van der Waals surface area contributed by atoms with E-state index in [4.69, 9.17) is 29.0 Å². The van der Waals surface area contributed by atoms with Crippen molar-refractivity contribution in [2.75, 3.05) is 9.80 Å². The van der Waals surface area contributed by atoms with Crippen molar-refractivity contribution in [3.8, 4) is 0 Å². The van der Waals surface area contributed by atoms with Crippen LogP contribution in [0.15, 0.2) is 191 Å². The highest BCUT2D eigenvalue weighted by atomic mass is 32.1. The van der Waals surface area contributed by atoms with Gasteiger partial charge in [0.05, 0.1) is 22.3 Å². The van der Waals surface area contributed by atoms with E-state index in [0.29, 0.717) is 11.5 Å². The smallest absolute Gasteiger partial charge is 0.255 e. The van der Waals surface area contributed by atoms with Crippen LogP contribution in [0.2, 0.25) is 0 Å². The number of aromatic nitrogens is 4. The van der Waals surface area contributed by atoms with E-state index in [2.05, 4.69) is 144 Å². The maximum Gasteiger partial charge on any atom is 0.255 e. The monoisotopic (exact) mass is 802 g/mol. The molecular weight excluding hydrogens is 773 g/mol.